The molecule has 2 bridgehead atoms. The first-order valence-corrected chi connectivity index (χ1v) is 12.2. The largest absolute Gasteiger partial charge is 0.466 e. The highest BCUT2D eigenvalue weighted by Gasteiger charge is 2.60. The fraction of sp³-hybridized carbons (Fsp3) is 0.769. The fourth-order valence-electron chi connectivity index (χ4n) is 6.10. The summed E-state index contributed by atoms with van der Waals surface area (Å²) in [6.45, 7) is 15.8. The average molecular weight is 465 g/mol. The van der Waals surface area contributed by atoms with E-state index in [1.165, 1.54) is 6.92 Å². The van der Waals surface area contributed by atoms with Gasteiger partial charge in [0, 0.05) is 25.2 Å². The van der Waals surface area contributed by atoms with Gasteiger partial charge in [-0.05, 0) is 56.4 Å². The minimum Gasteiger partial charge on any atom is -0.466 e. The van der Waals surface area contributed by atoms with Crippen molar-refractivity contribution in [2.24, 2.45) is 23.7 Å². The zero-order valence-electron chi connectivity index (χ0n) is 20.4. The number of rotatable bonds is 6. The van der Waals surface area contributed by atoms with Gasteiger partial charge >= 0.3 is 11.9 Å². The Morgan fingerprint density at radius 3 is 2.61 bits per heavy atom. The van der Waals surface area contributed by atoms with E-state index in [0.717, 1.165) is 18.4 Å². The molecule has 0 aromatic carbocycles. The predicted octanol–water partition coefficient (Wildman–Crippen LogP) is 3.33. The molecule has 2 aliphatic heterocycles. The van der Waals surface area contributed by atoms with Gasteiger partial charge in [0.15, 0.2) is 0 Å². The third-order valence-electron chi connectivity index (χ3n) is 7.90. The maximum atomic E-state index is 12.6. The molecule has 0 amide bonds. The highest BCUT2D eigenvalue weighted by Crippen LogP contribution is 2.55. The topological polar surface area (TPSA) is 102 Å². The number of ether oxygens (including phenoxy) is 3. The molecule has 3 fully saturated rings. The lowest BCUT2D eigenvalue weighted by Gasteiger charge is -2.45. The Kier molecular flexibility index (Phi) is 8.07. The molecule has 33 heavy (non-hydrogen) atoms. The van der Waals surface area contributed by atoms with Gasteiger partial charge in [0.05, 0.1) is 18.8 Å². The van der Waals surface area contributed by atoms with Gasteiger partial charge in [-0.1, -0.05) is 32.6 Å². The molecule has 7 nitrogen and oxygen atoms in total. The molecule has 3 rings (SSSR count). The first-order valence-electron chi connectivity index (χ1n) is 12.2. The average Bonchev–Trinajstić information content (AvgIpc) is 3.17. The summed E-state index contributed by atoms with van der Waals surface area (Å²) in [4.78, 5) is 24.1. The van der Waals surface area contributed by atoms with Crippen LogP contribution in [0.5, 0.6) is 0 Å². The molecule has 186 valence electrons. The van der Waals surface area contributed by atoms with Gasteiger partial charge < -0.3 is 24.4 Å². The highest BCUT2D eigenvalue weighted by atomic mass is 16.6. The Bertz CT molecular complexity index is 777. The lowest BCUT2D eigenvalue weighted by molar-refractivity contribution is -0.184. The van der Waals surface area contributed by atoms with E-state index in [-0.39, 0.29) is 35.6 Å². The van der Waals surface area contributed by atoms with Crippen LogP contribution in [0.4, 0.5) is 0 Å². The summed E-state index contributed by atoms with van der Waals surface area (Å²) in [6, 6.07) is 0. The number of esters is 2. The molecule has 2 saturated heterocycles. The summed E-state index contributed by atoms with van der Waals surface area (Å²) in [5.74, 6) is -0.665. The number of carbonyl (C=O) groups excluding carboxylic acids is 2. The molecule has 0 unspecified atom stereocenters. The minimum absolute atomic E-state index is 0.0591. The lowest BCUT2D eigenvalue weighted by atomic mass is 9.60. The summed E-state index contributed by atoms with van der Waals surface area (Å²) < 4.78 is 18.0. The van der Waals surface area contributed by atoms with Crippen LogP contribution in [0, 0.1) is 23.7 Å². The van der Waals surface area contributed by atoms with Crippen molar-refractivity contribution in [3.63, 3.8) is 0 Å². The molecule has 2 N–H and O–H groups in total. The van der Waals surface area contributed by atoms with E-state index in [1.54, 1.807) is 0 Å². The maximum absolute atomic E-state index is 12.6. The number of carbonyl (C=O) groups is 2. The van der Waals surface area contributed by atoms with E-state index in [9.17, 15) is 19.8 Å². The van der Waals surface area contributed by atoms with E-state index in [4.69, 9.17) is 14.2 Å². The van der Waals surface area contributed by atoms with Crippen molar-refractivity contribution in [3.8, 4) is 0 Å². The third kappa shape index (κ3) is 5.20. The van der Waals surface area contributed by atoms with E-state index in [2.05, 4.69) is 20.1 Å². The van der Waals surface area contributed by atoms with Gasteiger partial charge in [-0.25, -0.2) is 0 Å². The molecule has 7 heteroatoms. The van der Waals surface area contributed by atoms with Gasteiger partial charge in [-0.2, -0.15) is 0 Å². The molecule has 0 aromatic heterocycles. The van der Waals surface area contributed by atoms with Crippen molar-refractivity contribution in [1.29, 1.82) is 0 Å². The van der Waals surface area contributed by atoms with Crippen LogP contribution in [0.3, 0.4) is 0 Å². The van der Waals surface area contributed by atoms with Crippen LogP contribution >= 0.6 is 0 Å². The molecule has 2 heterocycles. The van der Waals surface area contributed by atoms with Gasteiger partial charge in [0.2, 0.25) is 0 Å². The Labute approximate surface area is 197 Å². The molecule has 9 atom stereocenters. The van der Waals surface area contributed by atoms with Gasteiger partial charge in [-0.15, -0.1) is 0 Å². The highest BCUT2D eigenvalue weighted by molar-refractivity contribution is 5.70. The standard InChI is InChI=1S/C26H40O7/c1-7-8-20(29)33-26(6)12-11-19(28)16(4)23(30)24-21-14(2)9-10-18(22(21)25(26)32-24)15(3)13-31-17(5)27/h15,18-19,21-25,28,30H,2,4,7-13H2,1,3,5-6H3/t15-,18+,19-,21-,22+,23+,24-,25+,26+/m0/s1. The fourth-order valence-corrected chi connectivity index (χ4v) is 6.10. The number of aliphatic hydroxyl groups is 2. The van der Waals surface area contributed by atoms with Crippen LogP contribution in [0.15, 0.2) is 24.3 Å². The maximum Gasteiger partial charge on any atom is 0.306 e. The summed E-state index contributed by atoms with van der Waals surface area (Å²) in [5.41, 5.74) is 0.339. The van der Waals surface area contributed by atoms with Crippen molar-refractivity contribution in [1.82, 2.24) is 0 Å². The van der Waals surface area contributed by atoms with Crippen molar-refractivity contribution in [3.05, 3.63) is 24.3 Å². The van der Waals surface area contributed by atoms with Crippen LogP contribution in [-0.2, 0) is 23.8 Å². The van der Waals surface area contributed by atoms with E-state index >= 15 is 0 Å². The Balaban J connectivity index is 2.03. The molecule has 1 aliphatic carbocycles. The quantitative estimate of drug-likeness (QED) is 0.459. The van der Waals surface area contributed by atoms with Crippen LogP contribution in [0.2, 0.25) is 0 Å². The zero-order valence-corrected chi connectivity index (χ0v) is 20.4. The molecule has 1 saturated carbocycles. The molecule has 0 spiro atoms. The van der Waals surface area contributed by atoms with Crippen LogP contribution < -0.4 is 0 Å². The first kappa shape index (κ1) is 25.9. The molecule has 0 radical (unpaired) electrons. The Morgan fingerprint density at radius 1 is 1.27 bits per heavy atom. The lowest BCUT2D eigenvalue weighted by Crippen LogP contribution is -2.51. The van der Waals surface area contributed by atoms with Crippen LogP contribution in [0.25, 0.3) is 0 Å². The summed E-state index contributed by atoms with van der Waals surface area (Å²) in [7, 11) is 0. The van der Waals surface area contributed by atoms with Gasteiger partial charge in [0.1, 0.15) is 17.8 Å². The smallest absolute Gasteiger partial charge is 0.306 e. The molecule has 3 aliphatic rings. The second kappa shape index (κ2) is 10.3. The summed E-state index contributed by atoms with van der Waals surface area (Å²) in [6.07, 6.45) is 0.223. The summed E-state index contributed by atoms with van der Waals surface area (Å²) in [5, 5.41) is 21.8. The molecular weight excluding hydrogens is 424 g/mol. The number of fused-ring (bicyclic) bond motifs is 5. The third-order valence-corrected chi connectivity index (χ3v) is 7.90. The van der Waals surface area contributed by atoms with Gasteiger partial charge in [-0.3, -0.25) is 9.59 Å². The Morgan fingerprint density at radius 2 is 1.97 bits per heavy atom. The number of aliphatic hydroxyl groups excluding tert-OH is 2. The Hall–Kier alpha value is -1.70. The minimum atomic E-state index is -1.05. The van der Waals surface area contributed by atoms with E-state index < -0.39 is 30.0 Å². The van der Waals surface area contributed by atoms with Crippen molar-refractivity contribution in [2.75, 3.05) is 6.61 Å². The summed E-state index contributed by atoms with van der Waals surface area (Å²) >= 11 is 0. The van der Waals surface area contributed by atoms with E-state index in [1.807, 2.05) is 13.8 Å². The SMILES string of the molecule is C=C1CC[C@H]([C@@H](C)COC(C)=O)[C@@H]2[C@H]1[C@@H]1O[C@H]2[C@](C)(OC(=O)CCC)CC[C@H](O)C(=C)[C@H]1O. The van der Waals surface area contributed by atoms with E-state index in [0.29, 0.717) is 37.9 Å². The van der Waals surface area contributed by atoms with Crippen molar-refractivity contribution in [2.45, 2.75) is 96.2 Å². The van der Waals surface area contributed by atoms with Crippen molar-refractivity contribution < 1.29 is 34.0 Å². The van der Waals surface area contributed by atoms with Crippen molar-refractivity contribution >= 4 is 11.9 Å². The van der Waals surface area contributed by atoms with Crippen LogP contribution in [0.1, 0.15) is 66.2 Å². The monoisotopic (exact) mass is 464 g/mol. The van der Waals surface area contributed by atoms with Gasteiger partial charge in [0.25, 0.3) is 0 Å². The number of hydrogen-bond acceptors (Lipinski definition) is 7. The second-order valence-corrected chi connectivity index (χ2v) is 10.4. The normalized spacial score (nSPS) is 39.6. The zero-order chi connectivity index (χ0) is 24.5. The second-order valence-electron chi connectivity index (χ2n) is 10.4. The number of hydrogen-bond donors (Lipinski definition) is 2. The predicted molar refractivity (Wildman–Crippen MR) is 123 cm³/mol. The van der Waals surface area contributed by atoms with Crippen LogP contribution in [-0.4, -0.2) is 58.8 Å². The molecule has 0 aromatic rings. The first-order chi connectivity index (χ1) is 15.5. The molecular formula is C26H40O7.